The highest BCUT2D eigenvalue weighted by molar-refractivity contribution is 6.31. The quantitative estimate of drug-likeness (QED) is 0.809. The van der Waals surface area contributed by atoms with Crippen LogP contribution in [0.4, 0.5) is 11.4 Å². The molecule has 2 aromatic rings. The molecule has 2 nitrogen and oxygen atoms in total. The number of benzene rings is 2. The molecule has 0 spiro atoms. The van der Waals surface area contributed by atoms with Gasteiger partial charge in [-0.15, -0.1) is 0 Å². The molecule has 0 aliphatic carbocycles. The number of hydrogen-bond acceptors (Lipinski definition) is 2. The lowest BCUT2D eigenvalue weighted by Crippen LogP contribution is -2.10. The summed E-state index contributed by atoms with van der Waals surface area (Å²) in [6, 6.07) is 15.7. The highest BCUT2D eigenvalue weighted by Crippen LogP contribution is 2.34. The summed E-state index contributed by atoms with van der Waals surface area (Å²) in [5, 5.41) is 0.698. The van der Waals surface area contributed by atoms with Crippen molar-refractivity contribution in [2.75, 3.05) is 19.1 Å². The van der Waals surface area contributed by atoms with Crippen LogP contribution in [0.5, 0.6) is 5.75 Å². The molecule has 0 fully saturated rings. The molecule has 0 aliphatic rings. The van der Waals surface area contributed by atoms with Crippen molar-refractivity contribution in [2.24, 2.45) is 0 Å². The molecular formula is C14H14ClNO. The molecule has 0 heterocycles. The van der Waals surface area contributed by atoms with E-state index in [-0.39, 0.29) is 0 Å². The smallest absolute Gasteiger partial charge is 0.142 e. The maximum absolute atomic E-state index is 6.02. The van der Waals surface area contributed by atoms with Crippen LogP contribution in [0.2, 0.25) is 5.02 Å². The number of halogens is 1. The van der Waals surface area contributed by atoms with Gasteiger partial charge in [0.25, 0.3) is 0 Å². The molecule has 0 radical (unpaired) electrons. The molecule has 0 aromatic heterocycles. The first-order valence-electron chi connectivity index (χ1n) is 5.34. The van der Waals surface area contributed by atoms with Crippen molar-refractivity contribution in [1.82, 2.24) is 0 Å². The summed E-state index contributed by atoms with van der Waals surface area (Å²) in [5.41, 5.74) is 2.04. The van der Waals surface area contributed by atoms with Gasteiger partial charge in [-0.05, 0) is 30.3 Å². The lowest BCUT2D eigenvalue weighted by atomic mass is 10.2. The normalized spacial score (nSPS) is 10.1. The van der Waals surface area contributed by atoms with Crippen LogP contribution in [0.25, 0.3) is 0 Å². The van der Waals surface area contributed by atoms with Gasteiger partial charge in [-0.1, -0.05) is 29.8 Å². The molecule has 0 aliphatic heterocycles. The van der Waals surface area contributed by atoms with Gasteiger partial charge in [0.1, 0.15) is 5.75 Å². The van der Waals surface area contributed by atoms with Crippen molar-refractivity contribution >= 4 is 23.0 Å². The minimum Gasteiger partial charge on any atom is -0.495 e. The van der Waals surface area contributed by atoms with E-state index < -0.39 is 0 Å². The highest BCUT2D eigenvalue weighted by atomic mass is 35.5. The topological polar surface area (TPSA) is 12.5 Å². The molecule has 17 heavy (non-hydrogen) atoms. The van der Waals surface area contributed by atoms with Crippen LogP contribution in [0.1, 0.15) is 0 Å². The Balaban J connectivity index is 2.43. The second kappa shape index (κ2) is 5.11. The van der Waals surface area contributed by atoms with Crippen LogP contribution in [-0.4, -0.2) is 14.2 Å². The number of nitrogens with zero attached hydrogens (tertiary/aromatic N) is 1. The number of rotatable bonds is 3. The van der Waals surface area contributed by atoms with Gasteiger partial charge in [-0.2, -0.15) is 0 Å². The van der Waals surface area contributed by atoms with Crippen molar-refractivity contribution in [1.29, 1.82) is 0 Å². The van der Waals surface area contributed by atoms with Crippen molar-refractivity contribution < 1.29 is 4.74 Å². The highest BCUT2D eigenvalue weighted by Gasteiger charge is 2.10. The summed E-state index contributed by atoms with van der Waals surface area (Å²) in [6.45, 7) is 0. The van der Waals surface area contributed by atoms with Crippen molar-refractivity contribution in [3.05, 3.63) is 53.6 Å². The summed E-state index contributed by atoms with van der Waals surface area (Å²) in [7, 11) is 3.65. The Kier molecular flexibility index (Phi) is 3.55. The van der Waals surface area contributed by atoms with Crippen LogP contribution >= 0.6 is 11.6 Å². The second-order valence-corrected chi connectivity index (χ2v) is 4.15. The summed E-state index contributed by atoms with van der Waals surface area (Å²) in [6.07, 6.45) is 0. The standard InChI is InChI=1S/C14H14ClNO/c1-16(12-6-4-3-5-7-12)13-10-11(15)8-9-14(13)17-2/h3-10H,1-2H3. The predicted molar refractivity (Wildman–Crippen MR) is 72.5 cm³/mol. The summed E-state index contributed by atoms with van der Waals surface area (Å²) in [4.78, 5) is 2.05. The van der Waals surface area contributed by atoms with E-state index in [1.54, 1.807) is 7.11 Å². The molecule has 2 aromatic carbocycles. The molecule has 0 bridgehead atoms. The van der Waals surface area contributed by atoms with Crippen molar-refractivity contribution in [3.8, 4) is 5.75 Å². The summed E-state index contributed by atoms with van der Waals surface area (Å²) >= 11 is 6.02. The molecule has 2 rings (SSSR count). The lowest BCUT2D eigenvalue weighted by Gasteiger charge is -2.22. The van der Waals surface area contributed by atoms with Gasteiger partial charge in [0, 0.05) is 17.8 Å². The molecular weight excluding hydrogens is 234 g/mol. The molecule has 0 atom stereocenters. The Hall–Kier alpha value is -1.67. The zero-order valence-electron chi connectivity index (χ0n) is 9.85. The number of anilines is 2. The van der Waals surface area contributed by atoms with Crippen LogP contribution < -0.4 is 9.64 Å². The van der Waals surface area contributed by atoms with E-state index >= 15 is 0 Å². The molecule has 0 amide bonds. The van der Waals surface area contributed by atoms with Gasteiger partial charge < -0.3 is 9.64 Å². The second-order valence-electron chi connectivity index (χ2n) is 3.71. The van der Waals surface area contributed by atoms with Crippen LogP contribution in [0.3, 0.4) is 0 Å². The third kappa shape index (κ3) is 2.53. The van der Waals surface area contributed by atoms with Gasteiger partial charge in [-0.25, -0.2) is 0 Å². The monoisotopic (exact) mass is 247 g/mol. The molecule has 0 saturated heterocycles. The first-order valence-corrected chi connectivity index (χ1v) is 5.72. The Bertz CT molecular complexity index is 499. The first-order chi connectivity index (χ1) is 8.22. The lowest BCUT2D eigenvalue weighted by molar-refractivity contribution is 0.415. The summed E-state index contributed by atoms with van der Waals surface area (Å²) < 4.78 is 5.34. The Morgan fingerprint density at radius 2 is 1.76 bits per heavy atom. The Morgan fingerprint density at radius 1 is 1.06 bits per heavy atom. The number of para-hydroxylation sites is 1. The van der Waals surface area contributed by atoms with E-state index in [0.717, 1.165) is 17.1 Å². The van der Waals surface area contributed by atoms with Gasteiger partial charge in [0.15, 0.2) is 0 Å². The number of hydrogen-bond donors (Lipinski definition) is 0. The van der Waals surface area contributed by atoms with Crippen LogP contribution in [0.15, 0.2) is 48.5 Å². The minimum absolute atomic E-state index is 0.698. The molecule has 0 N–H and O–H groups in total. The molecule has 88 valence electrons. The number of methoxy groups -OCH3 is 1. The van der Waals surface area contributed by atoms with E-state index in [1.165, 1.54) is 0 Å². The Morgan fingerprint density at radius 3 is 2.41 bits per heavy atom. The van der Waals surface area contributed by atoms with E-state index in [0.29, 0.717) is 5.02 Å². The zero-order valence-corrected chi connectivity index (χ0v) is 10.6. The third-order valence-corrected chi connectivity index (χ3v) is 2.88. The maximum atomic E-state index is 6.02. The van der Waals surface area contributed by atoms with Crippen LogP contribution in [0, 0.1) is 0 Å². The molecule has 0 unspecified atom stereocenters. The fourth-order valence-electron chi connectivity index (χ4n) is 1.72. The van der Waals surface area contributed by atoms with Crippen molar-refractivity contribution in [3.63, 3.8) is 0 Å². The number of ether oxygens (including phenoxy) is 1. The average molecular weight is 248 g/mol. The largest absolute Gasteiger partial charge is 0.495 e. The third-order valence-electron chi connectivity index (χ3n) is 2.65. The maximum Gasteiger partial charge on any atom is 0.142 e. The van der Waals surface area contributed by atoms with E-state index in [2.05, 4.69) is 0 Å². The van der Waals surface area contributed by atoms with E-state index in [9.17, 15) is 0 Å². The fraction of sp³-hybridized carbons (Fsp3) is 0.143. The van der Waals surface area contributed by atoms with Gasteiger partial charge in [-0.3, -0.25) is 0 Å². The minimum atomic E-state index is 0.698. The molecule has 0 saturated carbocycles. The van der Waals surface area contributed by atoms with Gasteiger partial charge >= 0.3 is 0 Å². The average Bonchev–Trinajstić information content (AvgIpc) is 2.39. The van der Waals surface area contributed by atoms with Gasteiger partial charge in [0.05, 0.1) is 12.8 Å². The summed E-state index contributed by atoms with van der Waals surface area (Å²) in [5.74, 6) is 0.806. The van der Waals surface area contributed by atoms with Crippen molar-refractivity contribution in [2.45, 2.75) is 0 Å². The zero-order chi connectivity index (χ0) is 12.3. The van der Waals surface area contributed by atoms with Crippen LogP contribution in [-0.2, 0) is 0 Å². The van der Waals surface area contributed by atoms with E-state index in [4.69, 9.17) is 16.3 Å². The SMILES string of the molecule is COc1ccc(Cl)cc1N(C)c1ccccc1. The molecule has 3 heteroatoms. The van der Waals surface area contributed by atoms with Gasteiger partial charge in [0.2, 0.25) is 0 Å². The first kappa shape index (κ1) is 11.8. The Labute approximate surface area is 106 Å². The fourth-order valence-corrected chi connectivity index (χ4v) is 1.88. The predicted octanol–water partition coefficient (Wildman–Crippen LogP) is 4.12. The van der Waals surface area contributed by atoms with E-state index in [1.807, 2.05) is 60.5 Å².